The van der Waals surface area contributed by atoms with E-state index in [1.54, 1.807) is 6.20 Å². The van der Waals surface area contributed by atoms with E-state index in [2.05, 4.69) is 47.1 Å². The third-order valence-corrected chi connectivity index (χ3v) is 6.34. The van der Waals surface area contributed by atoms with Gasteiger partial charge in [0.25, 0.3) is 0 Å². The van der Waals surface area contributed by atoms with Gasteiger partial charge in [0, 0.05) is 35.9 Å². The first kappa shape index (κ1) is 15.7. The number of hydrogen-bond acceptors (Lipinski definition) is 3. The van der Waals surface area contributed by atoms with E-state index < -0.39 is 0 Å². The summed E-state index contributed by atoms with van der Waals surface area (Å²) in [6.45, 7) is 3.09. The average Bonchev–Trinajstić information content (AvgIpc) is 3.43. The minimum atomic E-state index is 0.135. The summed E-state index contributed by atoms with van der Waals surface area (Å²) >= 11 is 1.97. The van der Waals surface area contributed by atoms with Crippen LogP contribution in [-0.4, -0.2) is 33.3 Å². The van der Waals surface area contributed by atoms with Crippen LogP contribution in [0.2, 0.25) is 0 Å². The van der Waals surface area contributed by atoms with Crippen LogP contribution >= 0.6 is 11.8 Å². The number of hydrogen-bond donors (Lipinski definition) is 0. The summed E-state index contributed by atoms with van der Waals surface area (Å²) in [7, 11) is 0. The number of pyridine rings is 1. The zero-order chi connectivity index (χ0) is 16.5. The van der Waals surface area contributed by atoms with Crippen molar-refractivity contribution in [1.82, 2.24) is 9.88 Å². The zero-order valence-corrected chi connectivity index (χ0v) is 14.7. The molecule has 0 spiro atoms. The molecule has 1 aliphatic carbocycles. The maximum Gasteiger partial charge on any atom is 0.226 e. The molecule has 1 amide bonds. The summed E-state index contributed by atoms with van der Waals surface area (Å²) in [4.78, 5) is 19.5. The van der Waals surface area contributed by atoms with Crippen molar-refractivity contribution in [3.05, 3.63) is 66.0 Å². The van der Waals surface area contributed by atoms with Gasteiger partial charge in [0.15, 0.2) is 0 Å². The summed E-state index contributed by atoms with van der Waals surface area (Å²) in [5.74, 6) is 1.84. The van der Waals surface area contributed by atoms with Gasteiger partial charge in [-0.1, -0.05) is 43.3 Å². The highest BCUT2D eigenvalue weighted by molar-refractivity contribution is 8.00. The van der Waals surface area contributed by atoms with Crippen molar-refractivity contribution < 1.29 is 4.79 Å². The summed E-state index contributed by atoms with van der Waals surface area (Å²) in [5.41, 5.74) is 2.45. The third-order valence-electron chi connectivity index (χ3n) is 5.14. The maximum absolute atomic E-state index is 13.2. The zero-order valence-electron chi connectivity index (χ0n) is 13.8. The lowest BCUT2D eigenvalue weighted by Gasteiger charge is -2.40. The van der Waals surface area contributed by atoms with Gasteiger partial charge < -0.3 is 4.90 Å². The van der Waals surface area contributed by atoms with Crippen molar-refractivity contribution in [3.63, 3.8) is 0 Å². The van der Waals surface area contributed by atoms with Gasteiger partial charge in [-0.05, 0) is 29.5 Å². The van der Waals surface area contributed by atoms with Crippen molar-refractivity contribution in [2.24, 2.45) is 5.92 Å². The first-order chi connectivity index (χ1) is 11.8. The van der Waals surface area contributed by atoms with Crippen LogP contribution in [0, 0.1) is 5.92 Å². The molecule has 24 heavy (non-hydrogen) atoms. The maximum atomic E-state index is 13.2. The number of aromatic nitrogens is 1. The van der Waals surface area contributed by atoms with Gasteiger partial charge >= 0.3 is 0 Å². The molecule has 4 rings (SSSR count). The Kier molecular flexibility index (Phi) is 4.31. The van der Waals surface area contributed by atoms with Crippen LogP contribution in [0.1, 0.15) is 36.4 Å². The Morgan fingerprint density at radius 2 is 1.96 bits per heavy atom. The highest BCUT2D eigenvalue weighted by Gasteiger charge is 2.48. The van der Waals surface area contributed by atoms with E-state index in [0.717, 1.165) is 18.7 Å². The minimum absolute atomic E-state index is 0.135. The molecule has 4 atom stereocenters. The second-order valence-electron chi connectivity index (χ2n) is 6.70. The summed E-state index contributed by atoms with van der Waals surface area (Å²) in [6.07, 6.45) is 4.66. The molecule has 2 fully saturated rings. The molecule has 1 saturated heterocycles. The first-order valence-corrected chi connectivity index (χ1v) is 9.67. The molecule has 0 radical (unpaired) electrons. The van der Waals surface area contributed by atoms with Crippen molar-refractivity contribution in [2.75, 3.05) is 12.3 Å². The molecule has 1 aromatic heterocycles. The molecule has 4 heteroatoms. The van der Waals surface area contributed by atoms with Gasteiger partial charge in [0.1, 0.15) is 0 Å². The Hall–Kier alpha value is -1.81. The summed E-state index contributed by atoms with van der Waals surface area (Å²) < 4.78 is 0. The van der Waals surface area contributed by atoms with Gasteiger partial charge in [-0.2, -0.15) is 11.8 Å². The lowest BCUT2D eigenvalue weighted by atomic mass is 10.0. The fraction of sp³-hybridized carbons (Fsp3) is 0.400. The van der Waals surface area contributed by atoms with Crippen LogP contribution in [0.4, 0.5) is 0 Å². The number of thioether (sulfide) groups is 1. The lowest BCUT2D eigenvalue weighted by molar-refractivity contribution is -0.135. The van der Waals surface area contributed by atoms with Crippen LogP contribution in [0.5, 0.6) is 0 Å². The van der Waals surface area contributed by atoms with E-state index in [-0.39, 0.29) is 12.0 Å². The topological polar surface area (TPSA) is 33.2 Å². The van der Waals surface area contributed by atoms with Gasteiger partial charge in [-0.3, -0.25) is 9.78 Å². The molecular weight excluding hydrogens is 316 g/mol. The Balaban J connectivity index is 1.54. The molecule has 0 bridgehead atoms. The molecule has 2 heterocycles. The van der Waals surface area contributed by atoms with E-state index in [1.165, 1.54) is 11.1 Å². The highest BCUT2D eigenvalue weighted by Crippen LogP contribution is 2.50. The molecule has 2 aliphatic rings. The first-order valence-electron chi connectivity index (χ1n) is 8.62. The van der Waals surface area contributed by atoms with Crippen molar-refractivity contribution in [2.45, 2.75) is 30.6 Å². The standard InChI is InChI=1S/C20H22N2OS/c1-14-19(15-6-3-2-4-7-15)22(10-11-24-14)20(23)18-12-17(18)16-8-5-9-21-13-16/h2-9,13-14,17-19H,10-12H2,1H3/t14-,17+,18+,19-/m0/s1. The van der Waals surface area contributed by atoms with E-state index >= 15 is 0 Å². The average molecular weight is 338 g/mol. The largest absolute Gasteiger partial charge is 0.333 e. The molecule has 3 nitrogen and oxygen atoms in total. The number of benzene rings is 1. The Morgan fingerprint density at radius 1 is 1.17 bits per heavy atom. The van der Waals surface area contributed by atoms with Crippen LogP contribution in [0.3, 0.4) is 0 Å². The van der Waals surface area contributed by atoms with Crippen molar-refractivity contribution >= 4 is 17.7 Å². The van der Waals surface area contributed by atoms with Crippen LogP contribution < -0.4 is 0 Å². The molecule has 0 N–H and O–H groups in total. The second kappa shape index (κ2) is 6.60. The van der Waals surface area contributed by atoms with E-state index in [9.17, 15) is 4.79 Å². The Bertz CT molecular complexity index is 706. The van der Waals surface area contributed by atoms with Gasteiger partial charge in [0.05, 0.1) is 6.04 Å². The predicted octanol–water partition coefficient (Wildman–Crippen LogP) is 3.89. The summed E-state index contributed by atoms with van der Waals surface area (Å²) in [5, 5.41) is 0.431. The fourth-order valence-electron chi connectivity index (χ4n) is 3.81. The molecule has 0 unspecified atom stereocenters. The van der Waals surface area contributed by atoms with Crippen LogP contribution in [0.15, 0.2) is 54.9 Å². The Labute approximate surface area is 147 Å². The molecule has 1 aromatic carbocycles. The number of carbonyl (C=O) groups excluding carboxylic acids is 1. The SMILES string of the molecule is C[C@@H]1SCCN(C(=O)[C@@H]2C[C@@H]2c2cccnc2)[C@@H]1c1ccccc1. The number of carbonyl (C=O) groups is 1. The molecular formula is C20H22N2OS. The van der Waals surface area contributed by atoms with Crippen molar-refractivity contribution in [1.29, 1.82) is 0 Å². The van der Waals surface area contributed by atoms with Gasteiger partial charge in [-0.25, -0.2) is 0 Å². The lowest BCUT2D eigenvalue weighted by Crippen LogP contribution is -2.44. The molecule has 1 aliphatic heterocycles. The summed E-state index contributed by atoms with van der Waals surface area (Å²) in [6, 6.07) is 14.7. The smallest absolute Gasteiger partial charge is 0.226 e. The quantitative estimate of drug-likeness (QED) is 0.851. The normalized spacial score (nSPS) is 29.3. The highest BCUT2D eigenvalue weighted by atomic mass is 32.2. The van der Waals surface area contributed by atoms with E-state index in [1.807, 2.05) is 30.1 Å². The minimum Gasteiger partial charge on any atom is -0.333 e. The monoisotopic (exact) mass is 338 g/mol. The van der Waals surface area contributed by atoms with Crippen molar-refractivity contribution in [3.8, 4) is 0 Å². The number of amides is 1. The van der Waals surface area contributed by atoms with E-state index in [0.29, 0.717) is 17.1 Å². The molecule has 2 aromatic rings. The molecule has 124 valence electrons. The predicted molar refractivity (Wildman–Crippen MR) is 97.9 cm³/mol. The molecule has 1 saturated carbocycles. The van der Waals surface area contributed by atoms with E-state index in [4.69, 9.17) is 0 Å². The second-order valence-corrected chi connectivity index (χ2v) is 8.18. The third kappa shape index (κ3) is 2.95. The van der Waals surface area contributed by atoms with Gasteiger partial charge in [-0.15, -0.1) is 0 Å². The fourth-order valence-corrected chi connectivity index (χ4v) is 4.97. The Morgan fingerprint density at radius 3 is 2.71 bits per heavy atom. The number of rotatable bonds is 3. The van der Waals surface area contributed by atoms with Crippen LogP contribution in [0.25, 0.3) is 0 Å². The van der Waals surface area contributed by atoms with Crippen LogP contribution in [-0.2, 0) is 4.79 Å². The van der Waals surface area contributed by atoms with Gasteiger partial charge in [0.2, 0.25) is 5.91 Å². The number of nitrogens with zero attached hydrogens (tertiary/aromatic N) is 2.